The first-order valence-electron chi connectivity index (χ1n) is 5.85. The van der Waals surface area contributed by atoms with Crippen molar-refractivity contribution in [1.29, 1.82) is 0 Å². The van der Waals surface area contributed by atoms with Gasteiger partial charge in [0, 0.05) is 6.54 Å². The molecule has 0 heterocycles. The molecule has 1 aromatic rings. The number of aromatic hydroxyl groups is 1. The van der Waals surface area contributed by atoms with Gasteiger partial charge < -0.3 is 15.5 Å². The van der Waals surface area contributed by atoms with E-state index in [1.165, 1.54) is 6.07 Å². The molecular weight excluding hydrogens is 254 g/mol. The fourth-order valence-electron chi connectivity index (χ4n) is 1.76. The highest BCUT2D eigenvalue weighted by molar-refractivity contribution is 6.34. The Hall–Kier alpha value is -1.26. The Morgan fingerprint density at radius 2 is 2.11 bits per heavy atom. The minimum Gasteiger partial charge on any atom is -0.507 e. The first-order chi connectivity index (χ1) is 8.41. The van der Waals surface area contributed by atoms with Crippen LogP contribution in [-0.2, 0) is 0 Å². The summed E-state index contributed by atoms with van der Waals surface area (Å²) in [5, 5.41) is 21.7. The number of aliphatic hydroxyl groups is 1. The van der Waals surface area contributed by atoms with Crippen LogP contribution in [0, 0.1) is 5.92 Å². The number of carbonyl (C=O) groups is 1. The zero-order chi connectivity index (χ0) is 13.7. The Bertz CT molecular complexity index is 400. The smallest absolute Gasteiger partial charge is 0.256 e. The highest BCUT2D eigenvalue weighted by Gasteiger charge is 2.16. The molecule has 2 atom stereocenters. The molecule has 0 fully saturated rings. The molecule has 0 saturated carbocycles. The number of hydrogen-bond donors (Lipinski definition) is 3. The molecule has 3 N–H and O–H groups in total. The molecule has 0 spiro atoms. The highest BCUT2D eigenvalue weighted by Crippen LogP contribution is 2.24. The van der Waals surface area contributed by atoms with Gasteiger partial charge in [0.1, 0.15) is 5.75 Å². The maximum Gasteiger partial charge on any atom is 0.256 e. The summed E-state index contributed by atoms with van der Waals surface area (Å²) < 4.78 is 0. The summed E-state index contributed by atoms with van der Waals surface area (Å²) in [5.74, 6) is -0.391. The zero-order valence-electron chi connectivity index (χ0n) is 10.5. The molecule has 0 bridgehead atoms. The second kappa shape index (κ2) is 6.61. The lowest BCUT2D eigenvalue weighted by Crippen LogP contribution is -2.29. The van der Waals surface area contributed by atoms with E-state index in [2.05, 4.69) is 5.32 Å². The fourth-order valence-corrected chi connectivity index (χ4v) is 2.01. The lowest BCUT2D eigenvalue weighted by molar-refractivity contribution is 0.0937. The third-order valence-electron chi connectivity index (χ3n) is 2.57. The first-order valence-corrected chi connectivity index (χ1v) is 6.23. The van der Waals surface area contributed by atoms with E-state index in [9.17, 15) is 15.0 Å². The van der Waals surface area contributed by atoms with Gasteiger partial charge in [-0.2, -0.15) is 0 Å². The summed E-state index contributed by atoms with van der Waals surface area (Å²) in [4.78, 5) is 11.9. The highest BCUT2D eigenvalue weighted by atomic mass is 35.5. The van der Waals surface area contributed by atoms with Crippen molar-refractivity contribution in [3.8, 4) is 5.75 Å². The normalized spacial score (nSPS) is 14.0. The van der Waals surface area contributed by atoms with Gasteiger partial charge in [0.15, 0.2) is 0 Å². The van der Waals surface area contributed by atoms with Crippen LogP contribution < -0.4 is 5.32 Å². The number of aliphatic hydroxyl groups excluding tert-OH is 1. The number of carbonyl (C=O) groups excluding carboxylic acids is 1. The summed E-state index contributed by atoms with van der Waals surface area (Å²) in [6.07, 6.45) is 0.208. The Labute approximate surface area is 112 Å². The van der Waals surface area contributed by atoms with Crippen molar-refractivity contribution in [2.24, 2.45) is 5.92 Å². The number of nitrogens with one attached hydrogen (secondary N) is 1. The average Bonchev–Trinajstić information content (AvgIpc) is 2.25. The van der Waals surface area contributed by atoms with E-state index >= 15 is 0 Å². The predicted octanol–water partition coefficient (Wildman–Crippen LogP) is 2.18. The molecule has 4 nitrogen and oxygen atoms in total. The Balaban J connectivity index is 2.61. The summed E-state index contributed by atoms with van der Waals surface area (Å²) in [5.41, 5.74) is 0.0865. The molecule has 1 amide bonds. The van der Waals surface area contributed by atoms with Crippen LogP contribution in [0.4, 0.5) is 0 Å². The van der Waals surface area contributed by atoms with Gasteiger partial charge in [-0.05, 0) is 31.4 Å². The van der Waals surface area contributed by atoms with Crippen molar-refractivity contribution in [2.75, 3.05) is 6.54 Å². The van der Waals surface area contributed by atoms with E-state index in [-0.39, 0.29) is 22.3 Å². The number of hydrogen-bond acceptors (Lipinski definition) is 3. The molecule has 1 rings (SSSR count). The van der Waals surface area contributed by atoms with Crippen LogP contribution in [0.2, 0.25) is 5.02 Å². The van der Waals surface area contributed by atoms with E-state index in [4.69, 9.17) is 11.6 Å². The van der Waals surface area contributed by atoms with Crippen molar-refractivity contribution >= 4 is 17.5 Å². The van der Waals surface area contributed by atoms with Crippen molar-refractivity contribution in [3.05, 3.63) is 28.8 Å². The number of phenolic OH excluding ortho intramolecular Hbond substituents is 1. The van der Waals surface area contributed by atoms with Crippen LogP contribution in [-0.4, -0.2) is 28.8 Å². The quantitative estimate of drug-likeness (QED) is 0.769. The predicted molar refractivity (Wildman–Crippen MR) is 70.9 cm³/mol. The molecule has 1 aromatic carbocycles. The van der Waals surface area contributed by atoms with Crippen molar-refractivity contribution in [1.82, 2.24) is 5.32 Å². The Kier molecular flexibility index (Phi) is 5.44. The summed E-state index contributed by atoms with van der Waals surface area (Å²) in [6, 6.07) is 4.54. The molecule has 0 aliphatic carbocycles. The van der Waals surface area contributed by atoms with Gasteiger partial charge in [0.2, 0.25) is 0 Å². The maximum absolute atomic E-state index is 11.9. The standard InChI is InChI=1S/C13H18ClNO3/c1-8(6-9(2)16)7-15-13(18)12-10(14)4-3-5-11(12)17/h3-5,8-9,16-17H,6-7H2,1-2H3,(H,15,18)/t8-,9-/m1/s1. The van der Waals surface area contributed by atoms with Gasteiger partial charge in [0.25, 0.3) is 5.91 Å². The minimum absolute atomic E-state index is 0.0865. The molecule has 100 valence electrons. The molecule has 18 heavy (non-hydrogen) atoms. The summed E-state index contributed by atoms with van der Waals surface area (Å²) in [7, 11) is 0. The van der Waals surface area contributed by atoms with Crippen LogP contribution in [0.5, 0.6) is 5.75 Å². The lowest BCUT2D eigenvalue weighted by Gasteiger charge is -2.15. The monoisotopic (exact) mass is 271 g/mol. The van der Waals surface area contributed by atoms with Gasteiger partial charge in [-0.25, -0.2) is 0 Å². The average molecular weight is 272 g/mol. The SMILES string of the molecule is C[C@@H](CNC(=O)c1c(O)cccc1Cl)C[C@@H](C)O. The van der Waals surface area contributed by atoms with Crippen LogP contribution in [0.3, 0.4) is 0 Å². The van der Waals surface area contributed by atoms with Gasteiger partial charge >= 0.3 is 0 Å². The van der Waals surface area contributed by atoms with Gasteiger partial charge in [0.05, 0.1) is 16.7 Å². The molecule has 0 radical (unpaired) electrons. The van der Waals surface area contributed by atoms with Crippen LogP contribution in [0.15, 0.2) is 18.2 Å². The fraction of sp³-hybridized carbons (Fsp3) is 0.462. The number of benzene rings is 1. The Morgan fingerprint density at radius 1 is 1.44 bits per heavy atom. The van der Waals surface area contributed by atoms with Crippen LogP contribution in [0.25, 0.3) is 0 Å². The number of halogens is 1. The number of amides is 1. The van der Waals surface area contributed by atoms with Crippen molar-refractivity contribution < 1.29 is 15.0 Å². The van der Waals surface area contributed by atoms with Crippen LogP contribution >= 0.6 is 11.6 Å². The number of phenols is 1. The van der Waals surface area contributed by atoms with Crippen molar-refractivity contribution in [2.45, 2.75) is 26.4 Å². The molecule has 0 aliphatic rings. The third kappa shape index (κ3) is 4.20. The van der Waals surface area contributed by atoms with Gasteiger partial charge in [-0.1, -0.05) is 24.6 Å². The van der Waals surface area contributed by atoms with Gasteiger partial charge in [-0.3, -0.25) is 4.79 Å². The first kappa shape index (κ1) is 14.8. The van der Waals surface area contributed by atoms with E-state index in [0.717, 1.165) is 0 Å². The van der Waals surface area contributed by atoms with Crippen LogP contribution in [0.1, 0.15) is 30.6 Å². The zero-order valence-corrected chi connectivity index (χ0v) is 11.2. The second-order valence-corrected chi connectivity index (χ2v) is 4.94. The molecule has 5 heteroatoms. The maximum atomic E-state index is 11.9. The van der Waals surface area contributed by atoms with Gasteiger partial charge in [-0.15, -0.1) is 0 Å². The molecule has 0 unspecified atom stereocenters. The van der Waals surface area contributed by atoms with E-state index in [0.29, 0.717) is 13.0 Å². The summed E-state index contributed by atoms with van der Waals surface area (Å²) >= 11 is 5.86. The minimum atomic E-state index is -0.407. The molecule has 0 aromatic heterocycles. The summed E-state index contributed by atoms with van der Waals surface area (Å²) in [6.45, 7) is 4.06. The number of rotatable bonds is 5. The van der Waals surface area contributed by atoms with Crippen molar-refractivity contribution in [3.63, 3.8) is 0 Å². The molecular formula is C13H18ClNO3. The van der Waals surface area contributed by atoms with E-state index in [1.54, 1.807) is 19.1 Å². The molecule has 0 saturated heterocycles. The van der Waals surface area contributed by atoms with E-state index in [1.807, 2.05) is 6.92 Å². The molecule has 0 aliphatic heterocycles. The Morgan fingerprint density at radius 3 is 2.67 bits per heavy atom. The van der Waals surface area contributed by atoms with E-state index < -0.39 is 12.0 Å². The lowest BCUT2D eigenvalue weighted by atomic mass is 10.0. The third-order valence-corrected chi connectivity index (χ3v) is 2.89. The largest absolute Gasteiger partial charge is 0.507 e. The second-order valence-electron chi connectivity index (χ2n) is 4.53. The topological polar surface area (TPSA) is 69.6 Å².